The summed E-state index contributed by atoms with van der Waals surface area (Å²) in [5, 5.41) is 0. The topological polar surface area (TPSA) is 27.7 Å². The molecule has 0 fully saturated rings. The smallest absolute Gasteiger partial charge is 0.164 e. The van der Waals surface area contributed by atoms with Gasteiger partial charge in [0.1, 0.15) is 11.4 Å². The third-order valence-corrected chi connectivity index (χ3v) is 2.91. The van der Waals surface area contributed by atoms with E-state index in [0.29, 0.717) is 12.5 Å². The molecule has 0 radical (unpaired) electrons. The van der Waals surface area contributed by atoms with Crippen molar-refractivity contribution in [3.05, 3.63) is 23.8 Å². The van der Waals surface area contributed by atoms with Gasteiger partial charge in [-0.3, -0.25) is 0 Å². The van der Waals surface area contributed by atoms with E-state index in [1.54, 1.807) is 7.11 Å². The summed E-state index contributed by atoms with van der Waals surface area (Å²) in [4.78, 5) is 0. The zero-order chi connectivity index (χ0) is 14.0. The molecule has 1 aliphatic heterocycles. The summed E-state index contributed by atoms with van der Waals surface area (Å²) in [6.07, 6.45) is 4.11. The number of ether oxygens (including phenoxy) is 3. The number of fused-ring (bicyclic) bond motifs is 1. The van der Waals surface area contributed by atoms with E-state index in [0.717, 1.165) is 22.8 Å². The first kappa shape index (κ1) is 13.8. The maximum atomic E-state index is 5.94. The number of hydrogen-bond donors (Lipinski definition) is 0. The monoisotopic (exact) mass is 262 g/mol. The van der Waals surface area contributed by atoms with Gasteiger partial charge in [-0.15, -0.1) is 0 Å². The Morgan fingerprint density at radius 1 is 1.21 bits per heavy atom. The van der Waals surface area contributed by atoms with Gasteiger partial charge in [-0.25, -0.2) is 0 Å². The minimum atomic E-state index is -0.281. The molecule has 3 nitrogen and oxygen atoms in total. The lowest BCUT2D eigenvalue weighted by Gasteiger charge is -2.28. The van der Waals surface area contributed by atoms with E-state index in [4.69, 9.17) is 14.2 Å². The number of rotatable bonds is 4. The Bertz CT molecular complexity index is 487. The van der Waals surface area contributed by atoms with E-state index in [9.17, 15) is 0 Å². The summed E-state index contributed by atoms with van der Waals surface area (Å²) in [6, 6.07) is 3.87. The van der Waals surface area contributed by atoms with Crippen molar-refractivity contribution in [2.24, 2.45) is 5.92 Å². The summed E-state index contributed by atoms with van der Waals surface area (Å²) in [7, 11) is 1.65. The lowest BCUT2D eigenvalue weighted by molar-refractivity contribution is 0.157. The van der Waals surface area contributed by atoms with Crippen LogP contribution in [0.2, 0.25) is 0 Å². The SMILES string of the molecule is COc1cc2c(cc1OCC(C)C)OC(C)(C)C=C2. The normalized spacial score (nSPS) is 15.9. The van der Waals surface area contributed by atoms with Gasteiger partial charge in [0.2, 0.25) is 0 Å². The fourth-order valence-electron chi connectivity index (χ4n) is 1.91. The highest BCUT2D eigenvalue weighted by atomic mass is 16.5. The van der Waals surface area contributed by atoms with Gasteiger partial charge >= 0.3 is 0 Å². The van der Waals surface area contributed by atoms with E-state index in [1.165, 1.54) is 0 Å². The Labute approximate surface area is 115 Å². The molecule has 0 amide bonds. The molecule has 19 heavy (non-hydrogen) atoms. The average Bonchev–Trinajstić information content (AvgIpc) is 2.34. The first-order valence-electron chi connectivity index (χ1n) is 6.64. The number of benzene rings is 1. The Hall–Kier alpha value is -1.64. The first-order valence-corrected chi connectivity index (χ1v) is 6.64. The highest BCUT2D eigenvalue weighted by Crippen LogP contribution is 2.39. The zero-order valence-corrected chi connectivity index (χ0v) is 12.3. The van der Waals surface area contributed by atoms with Gasteiger partial charge in [-0.05, 0) is 31.9 Å². The van der Waals surface area contributed by atoms with Crippen LogP contribution in [0, 0.1) is 5.92 Å². The molecule has 0 unspecified atom stereocenters. The van der Waals surface area contributed by atoms with Crippen molar-refractivity contribution in [1.82, 2.24) is 0 Å². The van der Waals surface area contributed by atoms with Crippen LogP contribution in [0.15, 0.2) is 18.2 Å². The molecule has 1 heterocycles. The Morgan fingerprint density at radius 2 is 1.95 bits per heavy atom. The summed E-state index contributed by atoms with van der Waals surface area (Å²) < 4.78 is 17.1. The second-order valence-corrected chi connectivity index (χ2v) is 5.78. The molecule has 1 aliphatic rings. The van der Waals surface area contributed by atoms with Crippen LogP contribution in [0.5, 0.6) is 17.2 Å². The molecule has 3 heteroatoms. The largest absolute Gasteiger partial charge is 0.493 e. The van der Waals surface area contributed by atoms with Crippen LogP contribution in [-0.4, -0.2) is 19.3 Å². The summed E-state index contributed by atoms with van der Waals surface area (Å²) in [5.41, 5.74) is 0.741. The van der Waals surface area contributed by atoms with Crippen molar-refractivity contribution >= 4 is 6.08 Å². The van der Waals surface area contributed by atoms with Gasteiger partial charge in [-0.1, -0.05) is 19.9 Å². The third kappa shape index (κ3) is 3.22. The molecule has 0 saturated carbocycles. The highest BCUT2D eigenvalue weighted by Gasteiger charge is 2.23. The maximum Gasteiger partial charge on any atom is 0.164 e. The van der Waals surface area contributed by atoms with E-state index >= 15 is 0 Å². The third-order valence-electron chi connectivity index (χ3n) is 2.91. The highest BCUT2D eigenvalue weighted by molar-refractivity contribution is 5.66. The molecule has 0 bridgehead atoms. The van der Waals surface area contributed by atoms with Gasteiger partial charge < -0.3 is 14.2 Å². The summed E-state index contributed by atoms with van der Waals surface area (Å²) in [5.74, 6) is 2.79. The summed E-state index contributed by atoms with van der Waals surface area (Å²) >= 11 is 0. The molecule has 1 aromatic rings. The lowest BCUT2D eigenvalue weighted by Crippen LogP contribution is -2.27. The molecule has 0 aromatic heterocycles. The Morgan fingerprint density at radius 3 is 2.58 bits per heavy atom. The van der Waals surface area contributed by atoms with Crippen molar-refractivity contribution in [1.29, 1.82) is 0 Å². The van der Waals surface area contributed by atoms with Crippen LogP contribution in [0.4, 0.5) is 0 Å². The maximum absolute atomic E-state index is 5.94. The fourth-order valence-corrected chi connectivity index (χ4v) is 1.91. The first-order chi connectivity index (χ1) is 8.91. The van der Waals surface area contributed by atoms with Crippen molar-refractivity contribution in [2.75, 3.05) is 13.7 Å². The molecule has 1 aromatic carbocycles. The quantitative estimate of drug-likeness (QED) is 0.823. The fraction of sp³-hybridized carbons (Fsp3) is 0.500. The van der Waals surface area contributed by atoms with Crippen LogP contribution in [0.3, 0.4) is 0 Å². The van der Waals surface area contributed by atoms with Gasteiger partial charge in [0, 0.05) is 11.6 Å². The predicted octanol–water partition coefficient (Wildman–Crippen LogP) is 3.91. The van der Waals surface area contributed by atoms with Crippen molar-refractivity contribution in [3.63, 3.8) is 0 Å². The van der Waals surface area contributed by atoms with Crippen molar-refractivity contribution in [3.8, 4) is 17.2 Å². The number of methoxy groups -OCH3 is 1. The standard InChI is InChI=1S/C16H22O3/c1-11(2)10-18-15-9-13-12(8-14(15)17-5)6-7-16(3,4)19-13/h6-9,11H,10H2,1-5H3. The molecule has 0 aliphatic carbocycles. The second kappa shape index (κ2) is 5.16. The van der Waals surface area contributed by atoms with Crippen LogP contribution in [0.25, 0.3) is 6.08 Å². The Kier molecular flexibility index (Phi) is 3.74. The van der Waals surface area contributed by atoms with Gasteiger partial charge in [-0.2, -0.15) is 0 Å². The van der Waals surface area contributed by atoms with Gasteiger partial charge in [0.05, 0.1) is 13.7 Å². The minimum Gasteiger partial charge on any atom is -0.493 e. The number of hydrogen-bond acceptors (Lipinski definition) is 3. The van der Waals surface area contributed by atoms with Crippen molar-refractivity contribution in [2.45, 2.75) is 33.3 Å². The van der Waals surface area contributed by atoms with Crippen LogP contribution < -0.4 is 14.2 Å². The Balaban J connectivity index is 2.32. The van der Waals surface area contributed by atoms with Crippen molar-refractivity contribution < 1.29 is 14.2 Å². The molecular weight excluding hydrogens is 240 g/mol. The van der Waals surface area contributed by atoms with E-state index in [-0.39, 0.29) is 5.60 Å². The molecular formula is C16H22O3. The molecule has 0 N–H and O–H groups in total. The van der Waals surface area contributed by atoms with Crippen LogP contribution in [-0.2, 0) is 0 Å². The van der Waals surface area contributed by atoms with E-state index < -0.39 is 0 Å². The van der Waals surface area contributed by atoms with Crippen LogP contribution >= 0.6 is 0 Å². The molecule has 104 valence electrons. The molecule has 0 atom stereocenters. The lowest BCUT2D eigenvalue weighted by atomic mass is 10.0. The molecule has 0 spiro atoms. The van der Waals surface area contributed by atoms with E-state index in [1.807, 2.05) is 32.1 Å². The summed E-state index contributed by atoms with van der Waals surface area (Å²) in [6.45, 7) is 8.96. The minimum absolute atomic E-state index is 0.281. The van der Waals surface area contributed by atoms with Gasteiger partial charge in [0.15, 0.2) is 11.5 Å². The van der Waals surface area contributed by atoms with Crippen LogP contribution in [0.1, 0.15) is 33.3 Å². The van der Waals surface area contributed by atoms with E-state index in [2.05, 4.69) is 19.9 Å². The molecule has 0 saturated heterocycles. The zero-order valence-electron chi connectivity index (χ0n) is 12.3. The average molecular weight is 262 g/mol. The van der Waals surface area contributed by atoms with Gasteiger partial charge in [0.25, 0.3) is 0 Å². The predicted molar refractivity (Wildman–Crippen MR) is 77.1 cm³/mol. The second-order valence-electron chi connectivity index (χ2n) is 5.78. The molecule has 2 rings (SSSR count).